The summed E-state index contributed by atoms with van der Waals surface area (Å²) in [7, 11) is 0. The second-order valence-electron chi connectivity index (χ2n) is 6.93. The van der Waals surface area contributed by atoms with E-state index in [1.807, 2.05) is 70.1 Å². The summed E-state index contributed by atoms with van der Waals surface area (Å²) in [6.07, 6.45) is 4.66. The van der Waals surface area contributed by atoms with E-state index in [-0.39, 0.29) is 5.91 Å². The van der Waals surface area contributed by atoms with Crippen molar-refractivity contribution in [3.63, 3.8) is 0 Å². The number of likely N-dealkylation sites (tertiary alicyclic amines) is 1. The first kappa shape index (κ1) is 18.7. The number of hydrogen-bond donors (Lipinski definition) is 0. The minimum atomic E-state index is 0.191. The molecule has 0 atom stereocenters. The zero-order valence-electron chi connectivity index (χ0n) is 15.8. The summed E-state index contributed by atoms with van der Waals surface area (Å²) in [6.45, 7) is 1.75. The van der Waals surface area contributed by atoms with Gasteiger partial charge in [-0.1, -0.05) is 73.1 Å². The lowest BCUT2D eigenvalue weighted by Gasteiger charge is -2.20. The Kier molecular flexibility index (Phi) is 6.07. The summed E-state index contributed by atoms with van der Waals surface area (Å²) < 4.78 is 2.04. The largest absolute Gasteiger partial charge is 0.342 e. The second kappa shape index (κ2) is 9.06. The zero-order valence-corrected chi connectivity index (χ0v) is 16.6. The molecule has 5 nitrogen and oxygen atoms in total. The highest BCUT2D eigenvalue weighted by atomic mass is 32.2. The van der Waals surface area contributed by atoms with Crippen molar-refractivity contribution in [2.24, 2.45) is 0 Å². The topological polar surface area (TPSA) is 51.0 Å². The molecule has 1 aliphatic rings. The number of rotatable bonds is 5. The fourth-order valence-corrected chi connectivity index (χ4v) is 4.34. The maximum Gasteiger partial charge on any atom is 0.233 e. The van der Waals surface area contributed by atoms with Crippen LogP contribution in [0.3, 0.4) is 0 Å². The van der Waals surface area contributed by atoms with Crippen LogP contribution < -0.4 is 0 Å². The first-order chi connectivity index (χ1) is 13.8. The first-order valence-corrected chi connectivity index (χ1v) is 10.8. The molecule has 0 radical (unpaired) electrons. The number of aromatic nitrogens is 3. The van der Waals surface area contributed by atoms with Gasteiger partial charge in [0.2, 0.25) is 5.91 Å². The van der Waals surface area contributed by atoms with E-state index < -0.39 is 0 Å². The number of carbonyl (C=O) groups excluding carboxylic acids is 1. The van der Waals surface area contributed by atoms with Gasteiger partial charge in [-0.2, -0.15) is 0 Å². The highest BCUT2D eigenvalue weighted by Crippen LogP contribution is 2.28. The fraction of sp³-hybridized carbons (Fsp3) is 0.318. The molecular weight excluding hydrogens is 368 g/mol. The molecule has 0 aliphatic carbocycles. The quantitative estimate of drug-likeness (QED) is 0.603. The van der Waals surface area contributed by atoms with Gasteiger partial charge < -0.3 is 4.90 Å². The third kappa shape index (κ3) is 4.28. The van der Waals surface area contributed by atoms with E-state index in [4.69, 9.17) is 0 Å². The number of benzene rings is 2. The van der Waals surface area contributed by atoms with Gasteiger partial charge in [0.05, 0.1) is 5.75 Å². The highest BCUT2D eigenvalue weighted by Gasteiger charge is 2.20. The van der Waals surface area contributed by atoms with Gasteiger partial charge in [-0.3, -0.25) is 9.36 Å². The Hall–Kier alpha value is -2.60. The van der Waals surface area contributed by atoms with Crippen molar-refractivity contribution in [1.29, 1.82) is 0 Å². The normalized spacial score (nSPS) is 14.6. The van der Waals surface area contributed by atoms with Crippen molar-refractivity contribution in [1.82, 2.24) is 19.7 Å². The van der Waals surface area contributed by atoms with Gasteiger partial charge in [-0.15, -0.1) is 10.2 Å². The van der Waals surface area contributed by atoms with Gasteiger partial charge in [0.15, 0.2) is 11.0 Å². The summed E-state index contributed by atoms with van der Waals surface area (Å²) in [5, 5.41) is 9.59. The Balaban J connectivity index is 1.58. The molecule has 144 valence electrons. The van der Waals surface area contributed by atoms with E-state index in [0.717, 1.165) is 48.2 Å². The molecule has 0 unspecified atom stereocenters. The van der Waals surface area contributed by atoms with E-state index in [9.17, 15) is 4.79 Å². The molecule has 3 aromatic rings. The number of carbonyl (C=O) groups is 1. The van der Waals surface area contributed by atoms with Crippen molar-refractivity contribution >= 4 is 17.7 Å². The molecule has 4 rings (SSSR count). The lowest BCUT2D eigenvalue weighted by atomic mass is 10.2. The van der Waals surface area contributed by atoms with Crippen LogP contribution in [0.4, 0.5) is 0 Å². The molecule has 1 aromatic heterocycles. The number of thioether (sulfide) groups is 1. The Morgan fingerprint density at radius 1 is 0.857 bits per heavy atom. The molecule has 1 aliphatic heterocycles. The third-order valence-electron chi connectivity index (χ3n) is 4.96. The molecule has 1 saturated heterocycles. The summed E-state index contributed by atoms with van der Waals surface area (Å²) in [5.74, 6) is 1.37. The second-order valence-corrected chi connectivity index (χ2v) is 7.87. The van der Waals surface area contributed by atoms with Crippen molar-refractivity contribution in [3.05, 3.63) is 60.7 Å². The maximum atomic E-state index is 12.7. The Bertz CT molecular complexity index is 903. The summed E-state index contributed by atoms with van der Waals surface area (Å²) >= 11 is 1.46. The van der Waals surface area contributed by atoms with Crippen molar-refractivity contribution in [3.8, 4) is 17.1 Å². The van der Waals surface area contributed by atoms with Crippen LogP contribution in [-0.2, 0) is 4.79 Å². The summed E-state index contributed by atoms with van der Waals surface area (Å²) in [5.41, 5.74) is 2.00. The van der Waals surface area contributed by atoms with Gasteiger partial charge in [0.1, 0.15) is 0 Å². The molecule has 2 aromatic carbocycles. The SMILES string of the molecule is O=C(CSc1nnc(-c2ccccc2)n1-c1ccccc1)N1CCCCCC1. The minimum Gasteiger partial charge on any atom is -0.342 e. The minimum absolute atomic E-state index is 0.191. The number of amides is 1. The molecule has 2 heterocycles. The molecule has 0 N–H and O–H groups in total. The lowest BCUT2D eigenvalue weighted by molar-refractivity contribution is -0.128. The average molecular weight is 393 g/mol. The molecule has 0 spiro atoms. The molecule has 6 heteroatoms. The number of para-hydroxylation sites is 1. The van der Waals surface area contributed by atoms with E-state index in [1.54, 1.807) is 0 Å². The highest BCUT2D eigenvalue weighted by molar-refractivity contribution is 7.99. The monoisotopic (exact) mass is 392 g/mol. The third-order valence-corrected chi connectivity index (χ3v) is 5.88. The van der Waals surface area contributed by atoms with Crippen molar-refractivity contribution < 1.29 is 4.79 Å². The number of nitrogens with zero attached hydrogens (tertiary/aromatic N) is 4. The van der Waals surface area contributed by atoms with Gasteiger partial charge in [-0.25, -0.2) is 0 Å². The predicted molar refractivity (Wildman–Crippen MR) is 113 cm³/mol. The molecule has 1 fully saturated rings. The van der Waals surface area contributed by atoms with E-state index in [0.29, 0.717) is 5.75 Å². The van der Waals surface area contributed by atoms with Gasteiger partial charge in [-0.05, 0) is 25.0 Å². The van der Waals surface area contributed by atoms with E-state index in [1.165, 1.54) is 24.6 Å². The maximum absolute atomic E-state index is 12.7. The predicted octanol–water partition coefficient (Wildman–Crippen LogP) is 4.43. The van der Waals surface area contributed by atoms with Crippen LogP contribution >= 0.6 is 11.8 Å². The van der Waals surface area contributed by atoms with Crippen LogP contribution in [-0.4, -0.2) is 44.4 Å². The average Bonchev–Trinajstić information content (AvgIpc) is 2.98. The van der Waals surface area contributed by atoms with Gasteiger partial charge in [0, 0.05) is 24.3 Å². The molecular formula is C22H24N4OS. The van der Waals surface area contributed by atoms with Crippen LogP contribution in [0.5, 0.6) is 0 Å². The van der Waals surface area contributed by atoms with E-state index >= 15 is 0 Å². The Morgan fingerprint density at radius 2 is 1.50 bits per heavy atom. The van der Waals surface area contributed by atoms with E-state index in [2.05, 4.69) is 10.2 Å². The Morgan fingerprint density at radius 3 is 2.18 bits per heavy atom. The zero-order chi connectivity index (χ0) is 19.2. The molecule has 0 bridgehead atoms. The van der Waals surface area contributed by atoms with Crippen molar-refractivity contribution in [2.75, 3.05) is 18.8 Å². The first-order valence-electron chi connectivity index (χ1n) is 9.80. The van der Waals surface area contributed by atoms with Crippen LogP contribution in [0.1, 0.15) is 25.7 Å². The molecule has 28 heavy (non-hydrogen) atoms. The summed E-state index contributed by atoms with van der Waals surface area (Å²) in [6, 6.07) is 20.1. The van der Waals surface area contributed by atoms with Crippen LogP contribution in [0.25, 0.3) is 17.1 Å². The molecule has 1 amide bonds. The standard InChI is InChI=1S/C22H24N4OS/c27-20(25-15-9-1-2-10-16-25)17-28-22-24-23-21(18-11-5-3-6-12-18)26(22)19-13-7-4-8-14-19/h3-8,11-14H,1-2,9-10,15-17H2. The fourth-order valence-electron chi connectivity index (χ4n) is 3.49. The lowest BCUT2D eigenvalue weighted by Crippen LogP contribution is -2.33. The van der Waals surface area contributed by atoms with Crippen molar-refractivity contribution in [2.45, 2.75) is 30.8 Å². The van der Waals surface area contributed by atoms with Crippen LogP contribution in [0.2, 0.25) is 0 Å². The summed E-state index contributed by atoms with van der Waals surface area (Å²) in [4.78, 5) is 14.7. The number of hydrogen-bond acceptors (Lipinski definition) is 4. The smallest absolute Gasteiger partial charge is 0.233 e. The Labute approximate surface area is 169 Å². The van der Waals surface area contributed by atoms with Crippen LogP contribution in [0, 0.1) is 0 Å². The van der Waals surface area contributed by atoms with Gasteiger partial charge in [0.25, 0.3) is 0 Å². The van der Waals surface area contributed by atoms with Gasteiger partial charge >= 0.3 is 0 Å². The molecule has 0 saturated carbocycles. The van der Waals surface area contributed by atoms with Crippen LogP contribution in [0.15, 0.2) is 65.8 Å².